The number of aromatic nitrogens is 1. The van der Waals surface area contributed by atoms with E-state index in [1.54, 1.807) is 6.92 Å². The molecule has 0 spiro atoms. The Morgan fingerprint density at radius 2 is 1.77 bits per heavy atom. The quantitative estimate of drug-likeness (QED) is 0.610. The number of carbonyl (C=O) groups excluding carboxylic acids is 2. The number of thiazole rings is 1. The van der Waals surface area contributed by atoms with Gasteiger partial charge >= 0.3 is 0 Å². The van der Waals surface area contributed by atoms with Gasteiger partial charge in [-0.1, -0.05) is 46.3 Å². The first-order valence-corrected chi connectivity index (χ1v) is 9.15. The average Bonchev–Trinajstić information content (AvgIpc) is 3.04. The zero-order valence-corrected chi connectivity index (χ0v) is 15.9. The highest BCUT2D eigenvalue weighted by Gasteiger charge is 2.18. The predicted octanol–water partition coefficient (Wildman–Crippen LogP) is 4.09. The minimum atomic E-state index is -0.748. The summed E-state index contributed by atoms with van der Waals surface area (Å²) in [5.74, 6) is -1.94. The third kappa shape index (κ3) is 3.97. The molecule has 2 N–H and O–H groups in total. The van der Waals surface area contributed by atoms with Crippen LogP contribution >= 0.6 is 27.3 Å². The zero-order chi connectivity index (χ0) is 18.7. The second-order valence-corrected chi connectivity index (χ2v) is 7.25. The highest BCUT2D eigenvalue weighted by Crippen LogP contribution is 2.27. The molecule has 0 bridgehead atoms. The number of nitrogens with one attached hydrogen (secondary N) is 2. The van der Waals surface area contributed by atoms with Crippen molar-refractivity contribution in [3.05, 3.63) is 75.0 Å². The van der Waals surface area contributed by atoms with Crippen LogP contribution in [0.1, 0.15) is 25.7 Å². The Labute approximate surface area is 161 Å². The van der Waals surface area contributed by atoms with Gasteiger partial charge < -0.3 is 0 Å². The van der Waals surface area contributed by atoms with E-state index in [2.05, 4.69) is 31.8 Å². The van der Waals surface area contributed by atoms with Gasteiger partial charge in [0.05, 0.1) is 11.3 Å². The van der Waals surface area contributed by atoms with E-state index in [1.807, 2.05) is 30.3 Å². The van der Waals surface area contributed by atoms with Gasteiger partial charge in [0.1, 0.15) is 15.7 Å². The van der Waals surface area contributed by atoms with Crippen molar-refractivity contribution in [3.63, 3.8) is 0 Å². The molecule has 0 aliphatic rings. The molecule has 3 rings (SSSR count). The summed E-state index contributed by atoms with van der Waals surface area (Å²) in [4.78, 5) is 29.2. The highest BCUT2D eigenvalue weighted by atomic mass is 79.9. The van der Waals surface area contributed by atoms with Crippen molar-refractivity contribution in [2.75, 3.05) is 0 Å². The molecule has 1 aromatic heterocycles. The Morgan fingerprint density at radius 3 is 2.50 bits per heavy atom. The predicted molar refractivity (Wildman–Crippen MR) is 101 cm³/mol. The summed E-state index contributed by atoms with van der Waals surface area (Å²) >= 11 is 4.39. The highest BCUT2D eigenvalue weighted by molar-refractivity contribution is 9.10. The lowest BCUT2D eigenvalue weighted by atomic mass is 10.2. The Morgan fingerprint density at radius 1 is 1.08 bits per heavy atom. The largest absolute Gasteiger partial charge is 0.281 e. The van der Waals surface area contributed by atoms with Gasteiger partial charge in [0, 0.05) is 10.0 Å². The van der Waals surface area contributed by atoms with Crippen LogP contribution in [-0.2, 0) is 0 Å². The second kappa shape index (κ2) is 7.76. The molecule has 2 amide bonds. The second-order valence-electron chi connectivity index (χ2n) is 5.33. The van der Waals surface area contributed by atoms with Gasteiger partial charge in [-0.2, -0.15) is 0 Å². The first kappa shape index (κ1) is 18.2. The van der Waals surface area contributed by atoms with Gasteiger partial charge in [-0.25, -0.2) is 9.37 Å². The number of nitrogens with zero attached hydrogens (tertiary/aromatic N) is 1. The zero-order valence-electron chi connectivity index (χ0n) is 13.5. The smallest absolute Gasteiger partial charge is 0.267 e. The maximum atomic E-state index is 13.7. The molecule has 1 heterocycles. The third-order valence-corrected chi connectivity index (χ3v) is 5.18. The van der Waals surface area contributed by atoms with E-state index in [1.165, 1.54) is 29.5 Å². The summed E-state index contributed by atoms with van der Waals surface area (Å²) in [5, 5.41) is 0.706. The van der Waals surface area contributed by atoms with Gasteiger partial charge in [0.15, 0.2) is 0 Å². The number of benzene rings is 2. The lowest BCUT2D eigenvalue weighted by molar-refractivity contribution is 0.0846. The summed E-state index contributed by atoms with van der Waals surface area (Å²) in [5.41, 5.74) is 5.80. The van der Waals surface area contributed by atoms with Crippen molar-refractivity contribution in [2.24, 2.45) is 0 Å². The average molecular weight is 434 g/mol. The van der Waals surface area contributed by atoms with Crippen LogP contribution in [0.25, 0.3) is 10.6 Å². The van der Waals surface area contributed by atoms with Crippen molar-refractivity contribution in [2.45, 2.75) is 6.92 Å². The molecule has 0 radical (unpaired) electrons. The Kier molecular flexibility index (Phi) is 5.43. The number of aryl methyl sites for hydroxylation is 1. The maximum Gasteiger partial charge on any atom is 0.281 e. The molecule has 0 aliphatic carbocycles. The van der Waals surface area contributed by atoms with Crippen LogP contribution in [0.4, 0.5) is 4.39 Å². The Hall–Kier alpha value is -2.58. The van der Waals surface area contributed by atoms with E-state index in [4.69, 9.17) is 0 Å². The third-order valence-electron chi connectivity index (χ3n) is 3.49. The van der Waals surface area contributed by atoms with Crippen LogP contribution in [0.15, 0.2) is 53.0 Å². The number of hydrazine groups is 1. The van der Waals surface area contributed by atoms with Crippen molar-refractivity contribution in [3.8, 4) is 10.6 Å². The summed E-state index contributed by atoms with van der Waals surface area (Å²) in [6, 6.07) is 13.5. The van der Waals surface area contributed by atoms with Crippen LogP contribution in [0.2, 0.25) is 0 Å². The van der Waals surface area contributed by atoms with E-state index >= 15 is 0 Å². The van der Waals surface area contributed by atoms with E-state index in [9.17, 15) is 14.0 Å². The van der Waals surface area contributed by atoms with Gasteiger partial charge in [-0.15, -0.1) is 11.3 Å². The van der Waals surface area contributed by atoms with Gasteiger partial charge in [0.2, 0.25) is 0 Å². The lowest BCUT2D eigenvalue weighted by Crippen LogP contribution is -2.41. The molecule has 0 unspecified atom stereocenters. The topological polar surface area (TPSA) is 71.1 Å². The minimum Gasteiger partial charge on any atom is -0.267 e. The number of hydrogen-bond acceptors (Lipinski definition) is 4. The lowest BCUT2D eigenvalue weighted by Gasteiger charge is -2.07. The SMILES string of the molecule is Cc1nc(-c2ccccc2)sc1C(=O)NNC(=O)c1cc(Br)ccc1F. The first-order valence-electron chi connectivity index (χ1n) is 7.54. The van der Waals surface area contributed by atoms with Crippen molar-refractivity contribution < 1.29 is 14.0 Å². The molecular weight excluding hydrogens is 421 g/mol. The van der Waals surface area contributed by atoms with E-state index in [0.717, 1.165) is 5.56 Å². The summed E-state index contributed by atoms with van der Waals surface area (Å²) in [7, 11) is 0. The van der Waals surface area contributed by atoms with Crippen LogP contribution in [0, 0.1) is 12.7 Å². The number of rotatable bonds is 3. The number of amides is 2. The van der Waals surface area contributed by atoms with Crippen molar-refractivity contribution in [1.82, 2.24) is 15.8 Å². The van der Waals surface area contributed by atoms with E-state index in [-0.39, 0.29) is 5.56 Å². The minimum absolute atomic E-state index is 0.175. The van der Waals surface area contributed by atoms with Crippen LogP contribution < -0.4 is 10.9 Å². The van der Waals surface area contributed by atoms with E-state index < -0.39 is 17.6 Å². The van der Waals surface area contributed by atoms with Crippen LogP contribution in [0.3, 0.4) is 0 Å². The van der Waals surface area contributed by atoms with Gasteiger partial charge in [-0.05, 0) is 25.1 Å². The number of halogens is 2. The molecule has 0 atom stereocenters. The molecule has 0 saturated carbocycles. The van der Waals surface area contributed by atoms with E-state index in [0.29, 0.717) is 20.1 Å². The first-order chi connectivity index (χ1) is 12.5. The molecular formula is C18H13BrFN3O2S. The maximum absolute atomic E-state index is 13.7. The number of hydrogen-bond donors (Lipinski definition) is 2. The molecule has 0 saturated heterocycles. The summed E-state index contributed by atoms with van der Waals surface area (Å²) in [6.45, 7) is 1.72. The fourth-order valence-electron chi connectivity index (χ4n) is 2.22. The standard InChI is InChI=1S/C18H13BrFN3O2S/c1-10-15(26-18(21-10)11-5-3-2-4-6-11)17(25)23-22-16(24)13-9-12(19)7-8-14(13)20/h2-9H,1H3,(H,22,24)(H,23,25). The molecule has 2 aromatic carbocycles. The molecule has 132 valence electrons. The summed E-state index contributed by atoms with van der Waals surface area (Å²) < 4.78 is 14.3. The molecule has 8 heteroatoms. The summed E-state index contributed by atoms with van der Waals surface area (Å²) in [6.07, 6.45) is 0. The van der Waals surface area contributed by atoms with Crippen molar-refractivity contribution in [1.29, 1.82) is 0 Å². The molecule has 5 nitrogen and oxygen atoms in total. The molecule has 3 aromatic rings. The molecule has 0 aliphatic heterocycles. The van der Waals surface area contributed by atoms with Crippen molar-refractivity contribution >= 4 is 39.1 Å². The Balaban J connectivity index is 1.72. The molecule has 26 heavy (non-hydrogen) atoms. The van der Waals surface area contributed by atoms with Gasteiger partial charge in [-0.3, -0.25) is 20.4 Å². The van der Waals surface area contributed by atoms with Crippen LogP contribution in [-0.4, -0.2) is 16.8 Å². The Bertz CT molecular complexity index is 976. The number of carbonyl (C=O) groups is 2. The fraction of sp³-hybridized carbons (Fsp3) is 0.0556. The normalized spacial score (nSPS) is 10.4. The monoisotopic (exact) mass is 433 g/mol. The van der Waals surface area contributed by atoms with Gasteiger partial charge in [0.25, 0.3) is 11.8 Å². The molecule has 0 fully saturated rings. The fourth-order valence-corrected chi connectivity index (χ4v) is 3.55. The van der Waals surface area contributed by atoms with Crippen LogP contribution in [0.5, 0.6) is 0 Å².